The van der Waals surface area contributed by atoms with Crippen LogP contribution in [0.4, 0.5) is 18.3 Å². The van der Waals surface area contributed by atoms with Crippen molar-refractivity contribution in [3.63, 3.8) is 0 Å². The first kappa shape index (κ1) is 15.2. The molecule has 0 aromatic carbocycles. The summed E-state index contributed by atoms with van der Waals surface area (Å²) < 4.78 is 36.9. The van der Waals surface area contributed by atoms with Gasteiger partial charge in [-0.05, 0) is 12.3 Å². The van der Waals surface area contributed by atoms with Gasteiger partial charge < -0.3 is 5.32 Å². The van der Waals surface area contributed by atoms with E-state index in [9.17, 15) is 13.2 Å². The lowest BCUT2D eigenvalue weighted by molar-refractivity contribution is -0.138. The average Bonchev–Trinajstić information content (AvgIpc) is 2.78. The molecule has 0 bridgehead atoms. The van der Waals surface area contributed by atoms with E-state index in [1.807, 2.05) is 0 Å². The van der Waals surface area contributed by atoms with Crippen LogP contribution in [0.5, 0.6) is 0 Å². The van der Waals surface area contributed by atoms with E-state index < -0.39 is 11.2 Å². The number of nitrogens with one attached hydrogen (secondary N) is 1. The summed E-state index contributed by atoms with van der Waals surface area (Å²) in [6.45, 7) is 4.87. The van der Waals surface area contributed by atoms with Crippen molar-refractivity contribution in [1.29, 1.82) is 0 Å². The average molecular weight is 281 g/mol. The molecule has 0 saturated heterocycles. The number of unbranched alkanes of at least 4 members (excludes halogenated alkanes) is 1. The highest BCUT2D eigenvalue weighted by Crippen LogP contribution is 2.33. The first-order valence-electron chi connectivity index (χ1n) is 6.11. The van der Waals surface area contributed by atoms with Crippen LogP contribution in [0.25, 0.3) is 0 Å². The molecule has 1 N–H and O–H groups in total. The Kier molecular flexibility index (Phi) is 5.84. The van der Waals surface area contributed by atoms with Crippen molar-refractivity contribution in [2.24, 2.45) is 5.92 Å². The molecular weight excluding hydrogens is 263 g/mol. The number of halogens is 3. The fourth-order valence-electron chi connectivity index (χ4n) is 1.58. The molecule has 0 aliphatic rings. The molecule has 1 aromatic rings. The zero-order chi connectivity index (χ0) is 13.6. The van der Waals surface area contributed by atoms with Crippen molar-refractivity contribution < 1.29 is 13.2 Å². The Balaban J connectivity index is 2.45. The predicted octanol–water partition coefficient (Wildman–Crippen LogP) is 4.19. The van der Waals surface area contributed by atoms with Crippen LogP contribution in [0.2, 0.25) is 0 Å². The van der Waals surface area contributed by atoms with E-state index in [1.54, 1.807) is 0 Å². The van der Waals surface area contributed by atoms with E-state index in [0.29, 0.717) is 23.8 Å². The van der Waals surface area contributed by atoms with Crippen molar-refractivity contribution in [2.45, 2.75) is 45.7 Å². The van der Waals surface area contributed by atoms with Gasteiger partial charge in [0, 0.05) is 6.54 Å². The molecule has 1 aromatic heterocycles. The van der Waals surface area contributed by atoms with E-state index >= 15 is 0 Å². The summed E-state index contributed by atoms with van der Waals surface area (Å²) >= 11 is 0.558. The molecule has 1 atom stereocenters. The Hall–Kier alpha value is -0.850. The van der Waals surface area contributed by atoms with Gasteiger partial charge in [0.05, 0.1) is 0 Å². The van der Waals surface area contributed by atoms with Crippen LogP contribution >= 0.6 is 11.3 Å². The maximum absolute atomic E-state index is 12.3. The third kappa shape index (κ3) is 4.80. The van der Waals surface area contributed by atoms with Gasteiger partial charge in [-0.3, -0.25) is 0 Å². The summed E-state index contributed by atoms with van der Waals surface area (Å²) in [5, 5.41) is 8.93. The summed E-state index contributed by atoms with van der Waals surface area (Å²) in [7, 11) is 0. The number of rotatable bonds is 7. The highest BCUT2D eigenvalue weighted by molar-refractivity contribution is 7.15. The van der Waals surface area contributed by atoms with Gasteiger partial charge in [0.15, 0.2) is 0 Å². The molecule has 1 heterocycles. The predicted molar refractivity (Wildman–Crippen MR) is 66.7 cm³/mol. The quantitative estimate of drug-likeness (QED) is 0.814. The monoisotopic (exact) mass is 281 g/mol. The molecule has 0 radical (unpaired) electrons. The molecule has 104 valence electrons. The number of anilines is 1. The van der Waals surface area contributed by atoms with E-state index in [1.165, 1.54) is 0 Å². The molecule has 18 heavy (non-hydrogen) atoms. The summed E-state index contributed by atoms with van der Waals surface area (Å²) in [4.78, 5) is 0. The van der Waals surface area contributed by atoms with Gasteiger partial charge in [-0.25, -0.2) is 0 Å². The van der Waals surface area contributed by atoms with Crippen molar-refractivity contribution in [3.05, 3.63) is 5.01 Å². The second-order valence-electron chi connectivity index (χ2n) is 4.21. The Morgan fingerprint density at radius 3 is 2.50 bits per heavy atom. The maximum atomic E-state index is 12.3. The van der Waals surface area contributed by atoms with Crippen LogP contribution in [0.15, 0.2) is 0 Å². The van der Waals surface area contributed by atoms with Gasteiger partial charge in [0.25, 0.3) is 0 Å². The Labute approximate surface area is 109 Å². The lowest BCUT2D eigenvalue weighted by Crippen LogP contribution is -2.13. The highest BCUT2D eigenvalue weighted by atomic mass is 32.1. The first-order chi connectivity index (χ1) is 8.47. The van der Waals surface area contributed by atoms with Gasteiger partial charge in [0.2, 0.25) is 10.1 Å². The molecule has 0 spiro atoms. The van der Waals surface area contributed by atoms with E-state index in [2.05, 4.69) is 29.4 Å². The number of hydrogen-bond donors (Lipinski definition) is 1. The van der Waals surface area contributed by atoms with E-state index in [0.717, 1.165) is 25.7 Å². The molecule has 0 amide bonds. The minimum Gasteiger partial charge on any atom is -0.360 e. The highest BCUT2D eigenvalue weighted by Gasteiger charge is 2.35. The standard InChI is InChI=1S/C11H18F3N3S/c1-3-5-6-8(4-2)7-15-10-17-16-9(18-10)11(12,13)14/h8H,3-7H2,1-2H3,(H,15,17). The molecular formula is C11H18F3N3S. The number of nitrogens with zero attached hydrogens (tertiary/aromatic N) is 2. The topological polar surface area (TPSA) is 37.8 Å². The lowest BCUT2D eigenvalue weighted by Gasteiger charge is -2.14. The SMILES string of the molecule is CCCCC(CC)CNc1nnc(C(F)(F)F)s1. The largest absolute Gasteiger partial charge is 0.445 e. The summed E-state index contributed by atoms with van der Waals surface area (Å²) in [6, 6.07) is 0. The Morgan fingerprint density at radius 1 is 1.28 bits per heavy atom. The van der Waals surface area contributed by atoms with Crippen LogP contribution < -0.4 is 5.32 Å². The third-order valence-corrected chi connectivity index (χ3v) is 3.68. The minimum absolute atomic E-state index is 0.247. The van der Waals surface area contributed by atoms with Crippen LogP contribution in [0, 0.1) is 5.92 Å². The summed E-state index contributed by atoms with van der Waals surface area (Å²) in [6.07, 6.45) is -0.0233. The third-order valence-electron chi connectivity index (χ3n) is 2.75. The Bertz CT molecular complexity index is 352. The number of hydrogen-bond acceptors (Lipinski definition) is 4. The van der Waals surface area contributed by atoms with Gasteiger partial charge in [-0.15, -0.1) is 10.2 Å². The molecule has 0 fully saturated rings. The number of alkyl halides is 3. The van der Waals surface area contributed by atoms with Crippen LogP contribution in [0.1, 0.15) is 44.5 Å². The molecule has 0 aliphatic heterocycles. The van der Waals surface area contributed by atoms with Crippen LogP contribution in [0.3, 0.4) is 0 Å². The fourth-order valence-corrected chi connectivity index (χ4v) is 2.20. The second kappa shape index (κ2) is 6.92. The van der Waals surface area contributed by atoms with Gasteiger partial charge in [0.1, 0.15) is 0 Å². The zero-order valence-electron chi connectivity index (χ0n) is 10.5. The second-order valence-corrected chi connectivity index (χ2v) is 5.19. The van der Waals surface area contributed by atoms with Crippen molar-refractivity contribution >= 4 is 16.5 Å². The molecule has 0 aliphatic carbocycles. The van der Waals surface area contributed by atoms with Crippen molar-refractivity contribution in [3.8, 4) is 0 Å². The molecule has 7 heteroatoms. The van der Waals surface area contributed by atoms with Gasteiger partial charge in [-0.1, -0.05) is 44.4 Å². The van der Waals surface area contributed by atoms with Gasteiger partial charge >= 0.3 is 6.18 Å². The normalized spacial score (nSPS) is 13.6. The molecule has 3 nitrogen and oxygen atoms in total. The Morgan fingerprint density at radius 2 is 2.00 bits per heavy atom. The van der Waals surface area contributed by atoms with Crippen LogP contribution in [-0.2, 0) is 6.18 Å². The number of aromatic nitrogens is 2. The first-order valence-corrected chi connectivity index (χ1v) is 6.93. The minimum atomic E-state index is -4.40. The van der Waals surface area contributed by atoms with E-state index in [4.69, 9.17) is 0 Å². The lowest BCUT2D eigenvalue weighted by atomic mass is 10.00. The smallest absolute Gasteiger partial charge is 0.360 e. The molecule has 1 rings (SSSR count). The maximum Gasteiger partial charge on any atom is 0.445 e. The zero-order valence-corrected chi connectivity index (χ0v) is 11.4. The van der Waals surface area contributed by atoms with Crippen molar-refractivity contribution in [2.75, 3.05) is 11.9 Å². The molecule has 0 saturated carbocycles. The fraction of sp³-hybridized carbons (Fsp3) is 0.818. The van der Waals surface area contributed by atoms with Gasteiger partial charge in [-0.2, -0.15) is 13.2 Å². The summed E-state index contributed by atoms with van der Waals surface area (Å²) in [5.41, 5.74) is 0. The van der Waals surface area contributed by atoms with Crippen LogP contribution in [-0.4, -0.2) is 16.7 Å². The van der Waals surface area contributed by atoms with Crippen molar-refractivity contribution in [1.82, 2.24) is 10.2 Å². The summed E-state index contributed by atoms with van der Waals surface area (Å²) in [5.74, 6) is 0.475. The molecule has 1 unspecified atom stereocenters. The van der Waals surface area contributed by atoms with E-state index in [-0.39, 0.29) is 5.13 Å².